The average molecular weight is 291 g/mol. The van der Waals surface area contributed by atoms with Crippen LogP contribution < -0.4 is 0 Å². The number of hydrogen-bond acceptors (Lipinski definition) is 5. The van der Waals surface area contributed by atoms with Crippen molar-refractivity contribution in [2.24, 2.45) is 0 Å². The third kappa shape index (κ3) is 3.07. The molecule has 0 unspecified atom stereocenters. The molecule has 0 amide bonds. The van der Waals surface area contributed by atoms with Crippen LogP contribution in [0.3, 0.4) is 0 Å². The lowest BCUT2D eigenvalue weighted by Gasteiger charge is -2.05. The minimum absolute atomic E-state index is 0.00412. The topological polar surface area (TPSA) is 101 Å². The maximum atomic E-state index is 10.7. The highest BCUT2D eigenvalue weighted by Crippen LogP contribution is 2.35. The molecule has 0 aromatic heterocycles. The second-order valence-corrected chi connectivity index (χ2v) is 4.96. The number of aromatic hydroxyl groups is 1. The molecular weight excluding hydrogens is 282 g/mol. The highest BCUT2D eigenvalue weighted by Gasteiger charge is 2.10. The van der Waals surface area contributed by atoms with E-state index in [2.05, 4.69) is 0 Å². The minimum atomic E-state index is -1.12. The zero-order valence-corrected chi connectivity index (χ0v) is 10.8. The Labute approximate surface area is 117 Å². The lowest BCUT2D eigenvalue weighted by molar-refractivity contribution is -0.384. The molecule has 2 aromatic carbocycles. The molecule has 0 fully saturated rings. The summed E-state index contributed by atoms with van der Waals surface area (Å²) in [6, 6.07) is 9.90. The maximum Gasteiger partial charge on any atom is 0.335 e. The van der Waals surface area contributed by atoms with Gasteiger partial charge in [-0.1, -0.05) is 11.8 Å². The van der Waals surface area contributed by atoms with Crippen LogP contribution in [-0.2, 0) is 0 Å². The number of nitrogens with zero attached hydrogens (tertiary/aromatic N) is 1. The van der Waals surface area contributed by atoms with Crippen molar-refractivity contribution < 1.29 is 19.9 Å². The van der Waals surface area contributed by atoms with Gasteiger partial charge >= 0.3 is 5.97 Å². The number of nitro benzene ring substituents is 1. The Balaban J connectivity index is 2.21. The summed E-state index contributed by atoms with van der Waals surface area (Å²) in [5.74, 6) is -1.26. The fourth-order valence-electron chi connectivity index (χ4n) is 1.50. The van der Waals surface area contributed by atoms with Gasteiger partial charge in [0.1, 0.15) is 5.75 Å². The van der Waals surface area contributed by atoms with Gasteiger partial charge in [-0.15, -0.1) is 0 Å². The molecule has 0 aliphatic carbocycles. The molecule has 2 rings (SSSR count). The Morgan fingerprint density at radius 2 is 1.80 bits per heavy atom. The summed E-state index contributed by atoms with van der Waals surface area (Å²) in [7, 11) is 0. The molecule has 6 nitrogen and oxygen atoms in total. The second-order valence-electron chi connectivity index (χ2n) is 3.84. The standard InChI is InChI=1S/C13H9NO5S/c15-11-7-8(13(16)17)1-6-12(11)20-10-4-2-9(3-5-10)14(18)19/h1-7,15H,(H,16,17). The van der Waals surface area contributed by atoms with Crippen LogP contribution in [0.4, 0.5) is 5.69 Å². The fourth-order valence-corrected chi connectivity index (χ4v) is 2.33. The van der Waals surface area contributed by atoms with E-state index < -0.39 is 10.9 Å². The van der Waals surface area contributed by atoms with Crippen molar-refractivity contribution in [3.63, 3.8) is 0 Å². The predicted octanol–water partition coefficient (Wildman–Crippen LogP) is 3.15. The first-order valence-corrected chi connectivity index (χ1v) is 6.27. The number of hydrogen-bond donors (Lipinski definition) is 2. The van der Waals surface area contributed by atoms with E-state index in [0.717, 1.165) is 6.07 Å². The highest BCUT2D eigenvalue weighted by atomic mass is 32.2. The van der Waals surface area contributed by atoms with Gasteiger partial charge in [0.05, 0.1) is 15.4 Å². The zero-order valence-electron chi connectivity index (χ0n) is 10.0. The Kier molecular flexibility index (Phi) is 3.90. The molecule has 0 heterocycles. The van der Waals surface area contributed by atoms with Gasteiger partial charge in [0.2, 0.25) is 0 Å². The van der Waals surface area contributed by atoms with E-state index >= 15 is 0 Å². The van der Waals surface area contributed by atoms with Gasteiger partial charge < -0.3 is 10.2 Å². The first-order chi connectivity index (χ1) is 9.47. The number of non-ortho nitro benzene ring substituents is 1. The largest absolute Gasteiger partial charge is 0.507 e. The van der Waals surface area contributed by atoms with E-state index in [1.807, 2.05) is 0 Å². The van der Waals surface area contributed by atoms with Crippen molar-refractivity contribution in [2.45, 2.75) is 9.79 Å². The highest BCUT2D eigenvalue weighted by molar-refractivity contribution is 7.99. The molecule has 0 bridgehead atoms. The number of phenolic OH excluding ortho intramolecular Hbond substituents is 1. The first kappa shape index (κ1) is 13.9. The van der Waals surface area contributed by atoms with E-state index in [1.54, 1.807) is 12.1 Å². The Bertz CT molecular complexity index is 669. The Hall–Kier alpha value is -2.54. The van der Waals surface area contributed by atoms with Crippen LogP contribution in [-0.4, -0.2) is 21.1 Å². The average Bonchev–Trinajstić information content (AvgIpc) is 2.41. The number of aromatic carboxylic acids is 1. The number of nitro groups is 1. The molecule has 2 N–H and O–H groups in total. The van der Waals surface area contributed by atoms with Crippen molar-refractivity contribution in [3.8, 4) is 5.75 Å². The SMILES string of the molecule is O=C(O)c1ccc(Sc2ccc([N+](=O)[O-])cc2)c(O)c1. The third-order valence-electron chi connectivity index (χ3n) is 2.48. The maximum absolute atomic E-state index is 10.7. The van der Waals surface area contributed by atoms with Gasteiger partial charge in [0.25, 0.3) is 5.69 Å². The lowest BCUT2D eigenvalue weighted by Crippen LogP contribution is -1.95. The molecule has 2 aromatic rings. The van der Waals surface area contributed by atoms with Gasteiger partial charge in [0.15, 0.2) is 0 Å². The quantitative estimate of drug-likeness (QED) is 0.663. The Morgan fingerprint density at radius 1 is 1.15 bits per heavy atom. The third-order valence-corrected chi connectivity index (χ3v) is 3.55. The number of carboxylic acids is 1. The fraction of sp³-hybridized carbons (Fsp3) is 0. The zero-order chi connectivity index (χ0) is 14.7. The number of carboxylic acid groups (broad SMARTS) is 1. The van der Waals surface area contributed by atoms with Crippen LogP contribution in [0.1, 0.15) is 10.4 Å². The molecule has 0 spiro atoms. The van der Waals surface area contributed by atoms with Crippen molar-refractivity contribution in [1.29, 1.82) is 0 Å². The summed E-state index contributed by atoms with van der Waals surface area (Å²) in [4.78, 5) is 22.0. The van der Waals surface area contributed by atoms with Gasteiger partial charge in [-0.25, -0.2) is 4.79 Å². The normalized spacial score (nSPS) is 10.2. The summed E-state index contributed by atoms with van der Waals surface area (Å²) in [6.45, 7) is 0. The summed E-state index contributed by atoms with van der Waals surface area (Å²) in [6.07, 6.45) is 0. The van der Waals surface area contributed by atoms with Crippen molar-refractivity contribution in [1.82, 2.24) is 0 Å². The molecule has 0 atom stereocenters. The molecule has 0 saturated carbocycles. The van der Waals surface area contributed by atoms with Gasteiger partial charge in [-0.3, -0.25) is 10.1 Å². The number of carbonyl (C=O) groups is 1. The van der Waals surface area contributed by atoms with Crippen LogP contribution in [0.15, 0.2) is 52.3 Å². The summed E-state index contributed by atoms with van der Waals surface area (Å²) in [5, 5.41) is 29.1. The Morgan fingerprint density at radius 3 is 2.30 bits per heavy atom. The van der Waals surface area contributed by atoms with E-state index in [9.17, 15) is 20.0 Å². The molecule has 0 aliphatic heterocycles. The molecule has 102 valence electrons. The van der Waals surface area contributed by atoms with Gasteiger partial charge in [0, 0.05) is 17.0 Å². The molecule has 0 aliphatic rings. The van der Waals surface area contributed by atoms with Crippen LogP contribution in [0.2, 0.25) is 0 Å². The van der Waals surface area contributed by atoms with Gasteiger partial charge in [-0.05, 0) is 30.3 Å². The summed E-state index contributed by atoms with van der Waals surface area (Å²) < 4.78 is 0. The lowest BCUT2D eigenvalue weighted by atomic mass is 10.2. The van der Waals surface area contributed by atoms with Crippen molar-refractivity contribution in [2.75, 3.05) is 0 Å². The predicted molar refractivity (Wildman–Crippen MR) is 72.3 cm³/mol. The van der Waals surface area contributed by atoms with Crippen LogP contribution in [0.25, 0.3) is 0 Å². The van der Waals surface area contributed by atoms with Gasteiger partial charge in [-0.2, -0.15) is 0 Å². The van der Waals surface area contributed by atoms with E-state index in [-0.39, 0.29) is 17.0 Å². The molecule has 7 heteroatoms. The van der Waals surface area contributed by atoms with Crippen LogP contribution >= 0.6 is 11.8 Å². The number of phenols is 1. The monoisotopic (exact) mass is 291 g/mol. The van der Waals surface area contributed by atoms with E-state index in [0.29, 0.717) is 9.79 Å². The first-order valence-electron chi connectivity index (χ1n) is 5.46. The molecule has 0 saturated heterocycles. The van der Waals surface area contributed by atoms with Crippen molar-refractivity contribution >= 4 is 23.4 Å². The summed E-state index contributed by atoms with van der Waals surface area (Å²) >= 11 is 1.19. The smallest absolute Gasteiger partial charge is 0.335 e. The molecule has 0 radical (unpaired) electrons. The summed E-state index contributed by atoms with van der Waals surface area (Å²) in [5.41, 5.74) is -0.0182. The molecular formula is C13H9NO5S. The minimum Gasteiger partial charge on any atom is -0.507 e. The van der Waals surface area contributed by atoms with Crippen LogP contribution in [0.5, 0.6) is 5.75 Å². The number of benzene rings is 2. The van der Waals surface area contributed by atoms with Crippen molar-refractivity contribution in [3.05, 3.63) is 58.1 Å². The van der Waals surface area contributed by atoms with Crippen LogP contribution in [0, 0.1) is 10.1 Å². The van der Waals surface area contributed by atoms with E-state index in [1.165, 1.54) is 36.0 Å². The second kappa shape index (κ2) is 5.62. The van der Waals surface area contributed by atoms with E-state index in [4.69, 9.17) is 5.11 Å². The molecule has 20 heavy (non-hydrogen) atoms. The number of rotatable bonds is 4.